The maximum Gasteiger partial charge on any atom is 0.134 e. The van der Waals surface area contributed by atoms with Gasteiger partial charge in [0.25, 0.3) is 0 Å². The molecule has 0 saturated heterocycles. The van der Waals surface area contributed by atoms with Gasteiger partial charge in [-0.25, -0.2) is 4.98 Å². The number of hydrogen-bond donors (Lipinski definition) is 2. The zero-order chi connectivity index (χ0) is 10.1. The van der Waals surface area contributed by atoms with Crippen molar-refractivity contribution >= 4 is 11.6 Å². The molecule has 0 fully saturated rings. The number of aliphatic hydroxyl groups excluding tert-OH is 1. The third kappa shape index (κ3) is 2.18. The van der Waals surface area contributed by atoms with E-state index in [1.807, 2.05) is 13.0 Å². The number of aliphatic hydroxyl groups is 1. The second-order valence-electron chi connectivity index (χ2n) is 3.37. The third-order valence-electron chi connectivity index (χ3n) is 1.93. The molecule has 0 aliphatic rings. The summed E-state index contributed by atoms with van der Waals surface area (Å²) in [7, 11) is 0. The van der Waals surface area contributed by atoms with Crippen LogP contribution in [0.1, 0.15) is 18.2 Å². The monoisotopic (exact) mass is 200 g/mol. The van der Waals surface area contributed by atoms with Gasteiger partial charge in [-0.15, -0.1) is 0 Å². The minimum Gasteiger partial charge on any atom is -0.394 e. The van der Waals surface area contributed by atoms with Gasteiger partial charge in [-0.2, -0.15) is 0 Å². The third-order valence-corrected chi connectivity index (χ3v) is 2.22. The molecule has 3 N–H and O–H groups in total. The summed E-state index contributed by atoms with van der Waals surface area (Å²) in [6.45, 7) is 3.41. The Morgan fingerprint density at radius 1 is 1.62 bits per heavy atom. The van der Waals surface area contributed by atoms with Gasteiger partial charge < -0.3 is 10.8 Å². The molecule has 1 rings (SSSR count). The van der Waals surface area contributed by atoms with Crippen LogP contribution >= 0.6 is 11.6 Å². The Labute approximate surface area is 82.5 Å². The number of halogens is 1. The largest absolute Gasteiger partial charge is 0.394 e. The highest BCUT2D eigenvalue weighted by Gasteiger charge is 2.23. The summed E-state index contributed by atoms with van der Waals surface area (Å²) in [5.74, 6) is 0. The van der Waals surface area contributed by atoms with Crippen molar-refractivity contribution in [2.75, 3.05) is 6.61 Å². The van der Waals surface area contributed by atoms with Gasteiger partial charge in [0.2, 0.25) is 0 Å². The van der Waals surface area contributed by atoms with Gasteiger partial charge in [-0.3, -0.25) is 0 Å². The average molecular weight is 201 g/mol. The molecule has 13 heavy (non-hydrogen) atoms. The number of nitrogens with zero attached hydrogens (tertiary/aromatic N) is 1. The number of rotatable bonds is 2. The summed E-state index contributed by atoms with van der Waals surface area (Å²) in [6, 6.07) is 3.61. The summed E-state index contributed by atoms with van der Waals surface area (Å²) in [5, 5.41) is 9.39. The molecule has 4 heteroatoms. The van der Waals surface area contributed by atoms with Crippen molar-refractivity contribution in [1.29, 1.82) is 0 Å². The minimum atomic E-state index is -0.822. The van der Waals surface area contributed by atoms with E-state index in [1.165, 1.54) is 0 Å². The average Bonchev–Trinajstić information content (AvgIpc) is 2.03. The zero-order valence-electron chi connectivity index (χ0n) is 7.71. The van der Waals surface area contributed by atoms with Crippen molar-refractivity contribution in [1.82, 2.24) is 4.98 Å². The van der Waals surface area contributed by atoms with Crippen LogP contribution in [0.25, 0.3) is 0 Å². The molecule has 72 valence electrons. The van der Waals surface area contributed by atoms with E-state index in [9.17, 15) is 0 Å². The quantitative estimate of drug-likeness (QED) is 0.706. The van der Waals surface area contributed by atoms with E-state index in [0.717, 1.165) is 5.69 Å². The molecule has 1 aromatic heterocycles. The predicted octanol–water partition coefficient (Wildman–Crippen LogP) is 1.21. The van der Waals surface area contributed by atoms with E-state index in [4.69, 9.17) is 22.4 Å². The van der Waals surface area contributed by atoms with Crippen LogP contribution in [-0.2, 0) is 5.54 Å². The molecule has 1 atom stereocenters. The van der Waals surface area contributed by atoms with Crippen LogP contribution in [0.15, 0.2) is 12.1 Å². The van der Waals surface area contributed by atoms with Crippen LogP contribution < -0.4 is 5.73 Å². The molecule has 1 unspecified atom stereocenters. The van der Waals surface area contributed by atoms with Crippen LogP contribution in [-0.4, -0.2) is 16.7 Å². The van der Waals surface area contributed by atoms with Crippen molar-refractivity contribution in [2.24, 2.45) is 5.73 Å². The lowest BCUT2D eigenvalue weighted by Crippen LogP contribution is -2.37. The molecule has 0 saturated carbocycles. The Bertz CT molecular complexity index is 312. The normalized spacial score (nSPS) is 15.5. The van der Waals surface area contributed by atoms with E-state index in [2.05, 4.69) is 4.98 Å². The molecule has 1 heterocycles. The van der Waals surface area contributed by atoms with Gasteiger partial charge >= 0.3 is 0 Å². The van der Waals surface area contributed by atoms with Gasteiger partial charge in [0.05, 0.1) is 12.1 Å². The molecule has 0 aliphatic heterocycles. The van der Waals surface area contributed by atoms with Gasteiger partial charge in [0.1, 0.15) is 5.15 Å². The highest BCUT2D eigenvalue weighted by molar-refractivity contribution is 6.30. The highest BCUT2D eigenvalue weighted by atomic mass is 35.5. The number of hydrogen-bond acceptors (Lipinski definition) is 3. The number of nitrogens with two attached hydrogens (primary N) is 1. The van der Waals surface area contributed by atoms with Crippen molar-refractivity contribution < 1.29 is 5.11 Å². The minimum absolute atomic E-state index is 0.155. The molecule has 0 spiro atoms. The van der Waals surface area contributed by atoms with E-state index in [1.54, 1.807) is 13.0 Å². The van der Waals surface area contributed by atoms with E-state index in [0.29, 0.717) is 10.7 Å². The van der Waals surface area contributed by atoms with Gasteiger partial charge in [0, 0.05) is 11.3 Å². The Kier molecular flexibility index (Phi) is 2.91. The van der Waals surface area contributed by atoms with E-state index >= 15 is 0 Å². The molecular weight excluding hydrogens is 188 g/mol. The van der Waals surface area contributed by atoms with Crippen LogP contribution in [0.2, 0.25) is 5.15 Å². The first-order valence-electron chi connectivity index (χ1n) is 4.01. The number of pyridine rings is 1. The van der Waals surface area contributed by atoms with E-state index in [-0.39, 0.29) is 6.61 Å². The predicted molar refractivity (Wildman–Crippen MR) is 52.6 cm³/mol. The molecular formula is C9H13ClN2O. The van der Waals surface area contributed by atoms with Gasteiger partial charge in [-0.05, 0) is 19.9 Å². The topological polar surface area (TPSA) is 59.1 Å². The molecule has 0 amide bonds. The van der Waals surface area contributed by atoms with Crippen LogP contribution in [0, 0.1) is 6.92 Å². The molecule has 3 nitrogen and oxygen atoms in total. The summed E-state index contributed by atoms with van der Waals surface area (Å²) < 4.78 is 0. The Balaban J connectivity index is 3.16. The molecule has 0 radical (unpaired) electrons. The smallest absolute Gasteiger partial charge is 0.134 e. The summed E-state index contributed by atoms with van der Waals surface area (Å²) >= 11 is 5.89. The van der Waals surface area contributed by atoms with E-state index < -0.39 is 5.54 Å². The van der Waals surface area contributed by atoms with Gasteiger partial charge in [0.15, 0.2) is 0 Å². The standard InChI is InChI=1S/C9H13ClN2O/c1-6-3-4-7(8(10)12-6)9(2,11)5-13/h3-4,13H,5,11H2,1-2H3. The summed E-state index contributed by atoms with van der Waals surface area (Å²) in [5.41, 5.74) is 6.50. The molecule has 0 aromatic carbocycles. The Morgan fingerprint density at radius 2 is 2.23 bits per heavy atom. The first-order valence-corrected chi connectivity index (χ1v) is 4.38. The summed E-state index contributed by atoms with van der Waals surface area (Å²) in [6.07, 6.45) is 0. The lowest BCUT2D eigenvalue weighted by molar-refractivity contribution is 0.210. The maximum absolute atomic E-state index is 9.03. The Morgan fingerprint density at radius 3 is 2.69 bits per heavy atom. The molecule has 0 bridgehead atoms. The first-order chi connectivity index (χ1) is 5.97. The SMILES string of the molecule is Cc1ccc(C(C)(N)CO)c(Cl)n1. The zero-order valence-corrected chi connectivity index (χ0v) is 8.47. The second-order valence-corrected chi connectivity index (χ2v) is 3.72. The van der Waals surface area contributed by atoms with Crippen LogP contribution in [0.5, 0.6) is 0 Å². The van der Waals surface area contributed by atoms with Crippen LogP contribution in [0.4, 0.5) is 0 Å². The summed E-state index contributed by atoms with van der Waals surface area (Å²) in [4.78, 5) is 4.06. The fourth-order valence-electron chi connectivity index (χ4n) is 1.04. The van der Waals surface area contributed by atoms with Crippen molar-refractivity contribution in [3.8, 4) is 0 Å². The van der Waals surface area contributed by atoms with Gasteiger partial charge in [-0.1, -0.05) is 17.7 Å². The lowest BCUT2D eigenvalue weighted by Gasteiger charge is -2.22. The number of aryl methyl sites for hydroxylation is 1. The van der Waals surface area contributed by atoms with Crippen LogP contribution in [0.3, 0.4) is 0 Å². The first kappa shape index (κ1) is 10.4. The van der Waals surface area contributed by atoms with Crippen molar-refractivity contribution in [3.63, 3.8) is 0 Å². The van der Waals surface area contributed by atoms with Crippen molar-refractivity contribution in [2.45, 2.75) is 19.4 Å². The molecule has 1 aromatic rings. The maximum atomic E-state index is 9.03. The second kappa shape index (κ2) is 3.62. The highest BCUT2D eigenvalue weighted by Crippen LogP contribution is 2.24. The lowest BCUT2D eigenvalue weighted by atomic mass is 9.96. The fraction of sp³-hybridized carbons (Fsp3) is 0.444. The molecule has 0 aliphatic carbocycles. The van der Waals surface area contributed by atoms with Crippen molar-refractivity contribution in [3.05, 3.63) is 28.5 Å². The number of aromatic nitrogens is 1. The Hall–Kier alpha value is -0.640. The fourth-order valence-corrected chi connectivity index (χ4v) is 1.45.